The van der Waals surface area contributed by atoms with Crippen LogP contribution in [-0.4, -0.2) is 5.54 Å². The van der Waals surface area contributed by atoms with Crippen LogP contribution in [-0.2, 0) is 0 Å². The highest BCUT2D eigenvalue weighted by atomic mass is 14.7. The molecule has 2 atom stereocenters. The second kappa shape index (κ2) is 3.61. The predicted molar refractivity (Wildman–Crippen MR) is 58.6 cm³/mol. The van der Waals surface area contributed by atoms with E-state index in [1.165, 1.54) is 32.1 Å². The molecule has 1 rings (SSSR count). The van der Waals surface area contributed by atoms with Gasteiger partial charge in [0, 0.05) is 5.54 Å². The molecule has 0 aliphatic heterocycles. The first kappa shape index (κ1) is 11.0. The molecule has 13 heavy (non-hydrogen) atoms. The molecule has 1 aliphatic carbocycles. The highest BCUT2D eigenvalue weighted by Crippen LogP contribution is 2.38. The Bertz CT molecular complexity index is 164. The summed E-state index contributed by atoms with van der Waals surface area (Å²) < 4.78 is 0. The maximum atomic E-state index is 6.33. The van der Waals surface area contributed by atoms with Gasteiger partial charge < -0.3 is 5.73 Å². The first-order valence-electron chi connectivity index (χ1n) is 5.60. The lowest BCUT2D eigenvalue weighted by molar-refractivity contribution is 0.149. The summed E-state index contributed by atoms with van der Waals surface area (Å²) in [6.07, 6.45) is 6.54. The zero-order valence-electron chi connectivity index (χ0n) is 9.69. The number of rotatable bonds is 1. The number of nitrogens with two attached hydrogens (primary N) is 1. The van der Waals surface area contributed by atoms with Gasteiger partial charge in [-0.25, -0.2) is 0 Å². The minimum atomic E-state index is 0.103. The average Bonchev–Trinajstić information content (AvgIpc) is 1.91. The Balaban J connectivity index is 2.56. The second-order valence-corrected chi connectivity index (χ2v) is 6.21. The Morgan fingerprint density at radius 2 is 1.92 bits per heavy atom. The normalized spacial score (nSPS) is 36.2. The van der Waals surface area contributed by atoms with Crippen molar-refractivity contribution in [3.8, 4) is 0 Å². The van der Waals surface area contributed by atoms with Crippen LogP contribution in [0.1, 0.15) is 59.8 Å². The highest BCUT2D eigenvalue weighted by Gasteiger charge is 2.34. The van der Waals surface area contributed by atoms with Crippen molar-refractivity contribution in [1.82, 2.24) is 0 Å². The fourth-order valence-corrected chi connectivity index (χ4v) is 2.50. The average molecular weight is 183 g/mol. The monoisotopic (exact) mass is 183 g/mol. The fourth-order valence-electron chi connectivity index (χ4n) is 2.50. The van der Waals surface area contributed by atoms with Crippen LogP contribution in [0.25, 0.3) is 0 Å². The van der Waals surface area contributed by atoms with E-state index < -0.39 is 0 Å². The molecule has 1 aliphatic rings. The Morgan fingerprint density at radius 1 is 1.31 bits per heavy atom. The summed E-state index contributed by atoms with van der Waals surface area (Å²) in [4.78, 5) is 0. The standard InChI is InChI=1S/C12H25N/c1-11(2,3)9-10-7-5-6-8-12(10,4)13/h10H,5-9,13H2,1-4H3/t10-,12-/m0/s1. The lowest BCUT2D eigenvalue weighted by Crippen LogP contribution is -2.47. The Morgan fingerprint density at radius 3 is 2.38 bits per heavy atom. The third-order valence-corrected chi connectivity index (χ3v) is 3.31. The molecule has 0 aromatic carbocycles. The van der Waals surface area contributed by atoms with E-state index in [1.54, 1.807) is 0 Å². The zero-order chi connectivity index (χ0) is 10.1. The SMILES string of the molecule is CC(C)(C)C[C@@H]1CCCC[C@]1(C)N. The van der Waals surface area contributed by atoms with E-state index >= 15 is 0 Å². The molecule has 1 fully saturated rings. The van der Waals surface area contributed by atoms with Crippen molar-refractivity contribution >= 4 is 0 Å². The first-order valence-corrected chi connectivity index (χ1v) is 5.60. The second-order valence-electron chi connectivity index (χ2n) is 6.21. The predicted octanol–water partition coefficient (Wildman–Crippen LogP) is 3.33. The van der Waals surface area contributed by atoms with Crippen molar-refractivity contribution in [1.29, 1.82) is 0 Å². The molecule has 0 amide bonds. The maximum Gasteiger partial charge on any atom is 0.0154 e. The molecule has 0 heterocycles. The summed E-state index contributed by atoms with van der Waals surface area (Å²) in [6.45, 7) is 9.19. The number of hydrogen-bond donors (Lipinski definition) is 1. The van der Waals surface area contributed by atoms with Gasteiger partial charge >= 0.3 is 0 Å². The number of hydrogen-bond acceptors (Lipinski definition) is 1. The molecule has 0 saturated heterocycles. The molecule has 0 bridgehead atoms. The van der Waals surface area contributed by atoms with Crippen LogP contribution in [0.15, 0.2) is 0 Å². The van der Waals surface area contributed by atoms with Crippen LogP contribution in [0.5, 0.6) is 0 Å². The van der Waals surface area contributed by atoms with Crippen LogP contribution in [0, 0.1) is 11.3 Å². The smallest absolute Gasteiger partial charge is 0.0154 e. The quantitative estimate of drug-likeness (QED) is 0.663. The summed E-state index contributed by atoms with van der Waals surface area (Å²) >= 11 is 0. The molecule has 1 nitrogen and oxygen atoms in total. The van der Waals surface area contributed by atoms with E-state index in [9.17, 15) is 0 Å². The van der Waals surface area contributed by atoms with E-state index in [4.69, 9.17) is 5.73 Å². The molecular weight excluding hydrogens is 158 g/mol. The third kappa shape index (κ3) is 3.30. The molecule has 2 N–H and O–H groups in total. The maximum absolute atomic E-state index is 6.33. The van der Waals surface area contributed by atoms with Gasteiger partial charge in [-0.15, -0.1) is 0 Å². The van der Waals surface area contributed by atoms with Crippen molar-refractivity contribution in [2.24, 2.45) is 17.1 Å². The van der Waals surface area contributed by atoms with Gasteiger partial charge in [0.1, 0.15) is 0 Å². The van der Waals surface area contributed by atoms with Gasteiger partial charge in [-0.05, 0) is 37.5 Å². The van der Waals surface area contributed by atoms with Crippen molar-refractivity contribution in [3.05, 3.63) is 0 Å². The Labute approximate surface area is 83.1 Å². The van der Waals surface area contributed by atoms with Gasteiger partial charge in [-0.1, -0.05) is 33.6 Å². The molecule has 0 radical (unpaired) electrons. The summed E-state index contributed by atoms with van der Waals surface area (Å²) in [7, 11) is 0. The Kier molecular flexibility index (Phi) is 3.06. The van der Waals surface area contributed by atoms with Crippen LogP contribution in [0.4, 0.5) is 0 Å². The largest absolute Gasteiger partial charge is 0.325 e. The van der Waals surface area contributed by atoms with E-state index in [1.807, 2.05) is 0 Å². The summed E-state index contributed by atoms with van der Waals surface area (Å²) in [5, 5.41) is 0. The van der Waals surface area contributed by atoms with Crippen molar-refractivity contribution in [2.75, 3.05) is 0 Å². The lowest BCUT2D eigenvalue weighted by atomic mass is 9.68. The molecule has 78 valence electrons. The molecule has 0 aromatic heterocycles. The summed E-state index contributed by atoms with van der Waals surface area (Å²) in [5.41, 5.74) is 6.87. The first-order chi connectivity index (χ1) is 5.81. The zero-order valence-corrected chi connectivity index (χ0v) is 9.69. The van der Waals surface area contributed by atoms with E-state index in [2.05, 4.69) is 27.7 Å². The lowest BCUT2D eigenvalue weighted by Gasteiger charge is -2.41. The minimum absolute atomic E-state index is 0.103. The van der Waals surface area contributed by atoms with Crippen LogP contribution in [0.3, 0.4) is 0 Å². The van der Waals surface area contributed by atoms with Gasteiger partial charge in [-0.2, -0.15) is 0 Å². The highest BCUT2D eigenvalue weighted by molar-refractivity contribution is 4.92. The molecule has 0 unspecified atom stereocenters. The van der Waals surface area contributed by atoms with Crippen molar-refractivity contribution in [3.63, 3.8) is 0 Å². The molecule has 0 spiro atoms. The van der Waals surface area contributed by atoms with Gasteiger partial charge in [0.25, 0.3) is 0 Å². The van der Waals surface area contributed by atoms with Gasteiger partial charge in [-0.3, -0.25) is 0 Å². The van der Waals surface area contributed by atoms with Crippen molar-refractivity contribution < 1.29 is 0 Å². The van der Waals surface area contributed by atoms with Crippen LogP contribution < -0.4 is 5.73 Å². The van der Waals surface area contributed by atoms with Gasteiger partial charge in [0.05, 0.1) is 0 Å². The topological polar surface area (TPSA) is 26.0 Å². The molecule has 1 heteroatoms. The van der Waals surface area contributed by atoms with E-state index in [0.717, 1.165) is 5.92 Å². The molecular formula is C12H25N. The van der Waals surface area contributed by atoms with Crippen LogP contribution >= 0.6 is 0 Å². The molecule has 0 aromatic rings. The summed E-state index contributed by atoms with van der Waals surface area (Å²) in [5.74, 6) is 0.737. The molecule has 1 saturated carbocycles. The van der Waals surface area contributed by atoms with Crippen LogP contribution in [0.2, 0.25) is 0 Å². The van der Waals surface area contributed by atoms with Crippen molar-refractivity contribution in [2.45, 2.75) is 65.3 Å². The fraction of sp³-hybridized carbons (Fsp3) is 1.00. The van der Waals surface area contributed by atoms with Gasteiger partial charge in [0.2, 0.25) is 0 Å². The van der Waals surface area contributed by atoms with Gasteiger partial charge in [0.15, 0.2) is 0 Å². The van der Waals surface area contributed by atoms with E-state index in [-0.39, 0.29) is 5.54 Å². The van der Waals surface area contributed by atoms with E-state index in [0.29, 0.717) is 5.41 Å². The Hall–Kier alpha value is -0.0400. The third-order valence-electron chi connectivity index (χ3n) is 3.31. The summed E-state index contributed by atoms with van der Waals surface area (Å²) in [6, 6.07) is 0. The minimum Gasteiger partial charge on any atom is -0.325 e.